The van der Waals surface area contributed by atoms with Crippen molar-refractivity contribution < 1.29 is 14.2 Å². The van der Waals surface area contributed by atoms with Gasteiger partial charge >= 0.3 is 0 Å². The first-order chi connectivity index (χ1) is 33.0. The Balaban J connectivity index is 1.28. The monoisotopic (exact) mass is 1030 g/mol. The molecule has 0 aliphatic carbocycles. The molecule has 0 fully saturated rings. The number of aromatic nitrogens is 1. The van der Waals surface area contributed by atoms with E-state index in [-0.39, 0.29) is 0 Å². The fourth-order valence-electron chi connectivity index (χ4n) is 9.72. The summed E-state index contributed by atoms with van der Waals surface area (Å²) < 4.78 is 23.6. The van der Waals surface area contributed by atoms with Crippen molar-refractivity contribution in [2.24, 2.45) is 0 Å². The summed E-state index contributed by atoms with van der Waals surface area (Å²) in [6.45, 7) is 9.00. The van der Waals surface area contributed by atoms with Gasteiger partial charge in [0.05, 0.1) is 36.3 Å². The van der Waals surface area contributed by atoms with Crippen LogP contribution in [0.25, 0.3) is 27.5 Å². The Bertz CT molecular complexity index is 2320. The maximum Gasteiger partial charge on any atom is 0.119 e. The summed E-state index contributed by atoms with van der Waals surface area (Å²) in [5.41, 5.74) is 7.40. The van der Waals surface area contributed by atoms with Gasteiger partial charge in [-0.05, 0) is 114 Å². The fraction of sp³-hybridized carbons (Fsp3) is 0.410. The van der Waals surface area contributed by atoms with Gasteiger partial charge in [-0.3, -0.25) is 0 Å². The molecule has 0 bridgehead atoms. The molecule has 6 heteroatoms. The van der Waals surface area contributed by atoms with Gasteiger partial charge in [-0.25, -0.2) is 0 Å². The number of fused-ring (bicyclic) bond motifs is 3. The Morgan fingerprint density at radius 2 is 0.657 bits per heavy atom. The average molecular weight is 1030 g/mol. The highest BCUT2D eigenvalue weighted by Gasteiger charge is 2.39. The van der Waals surface area contributed by atoms with E-state index < -0.39 is 5.41 Å². The van der Waals surface area contributed by atoms with E-state index in [1.807, 2.05) is 0 Å². The quantitative estimate of drug-likeness (QED) is 0.0346. The first-order valence-electron chi connectivity index (χ1n) is 25.7. The van der Waals surface area contributed by atoms with E-state index in [1.165, 1.54) is 129 Å². The lowest BCUT2D eigenvalue weighted by Gasteiger charge is -2.37. The molecular weight excluding hydrogens is 954 g/mol. The van der Waals surface area contributed by atoms with Crippen molar-refractivity contribution >= 4 is 53.7 Å². The molecule has 0 aliphatic rings. The summed E-state index contributed by atoms with van der Waals surface area (Å²) in [5.74, 6) is 2.71. The first-order valence-corrected chi connectivity index (χ1v) is 27.2. The number of rotatable bonds is 29. The van der Waals surface area contributed by atoms with Crippen molar-refractivity contribution in [3.63, 3.8) is 0 Å². The van der Waals surface area contributed by atoms with E-state index in [0.29, 0.717) is 0 Å². The van der Waals surface area contributed by atoms with Crippen LogP contribution >= 0.6 is 31.9 Å². The SMILES string of the molecule is CCCCCCCCOc1ccc(C(c2ccc(OCCCCCCCC)cc2)(c2ccc(OCCCCCCCC)cc2)c2ccc(-n3c4cc(Br)ccc4c4ccc(Br)cc43)cc2)cc1. The molecule has 67 heavy (non-hydrogen) atoms. The number of benzene rings is 6. The van der Waals surface area contributed by atoms with Crippen LogP contribution in [0.4, 0.5) is 0 Å². The summed E-state index contributed by atoms with van der Waals surface area (Å²) in [6.07, 6.45) is 22.3. The molecule has 1 heterocycles. The van der Waals surface area contributed by atoms with Gasteiger partial charge in [0.15, 0.2) is 0 Å². The zero-order valence-corrected chi connectivity index (χ0v) is 43.7. The highest BCUT2D eigenvalue weighted by molar-refractivity contribution is 9.10. The Morgan fingerprint density at radius 3 is 0.985 bits per heavy atom. The van der Waals surface area contributed by atoms with E-state index in [1.54, 1.807) is 0 Å². The minimum atomic E-state index is -0.682. The van der Waals surface area contributed by atoms with Gasteiger partial charge in [0.1, 0.15) is 17.2 Å². The molecule has 0 amide bonds. The Labute approximate surface area is 419 Å². The Kier molecular flexibility index (Phi) is 19.8. The predicted octanol–water partition coefficient (Wildman–Crippen LogP) is 18.9. The van der Waals surface area contributed by atoms with Gasteiger partial charge in [0.25, 0.3) is 0 Å². The predicted molar refractivity (Wildman–Crippen MR) is 291 cm³/mol. The minimum Gasteiger partial charge on any atom is -0.494 e. The van der Waals surface area contributed by atoms with Crippen molar-refractivity contribution in [3.8, 4) is 22.9 Å². The maximum absolute atomic E-state index is 6.38. The van der Waals surface area contributed by atoms with Crippen LogP contribution in [0.15, 0.2) is 142 Å². The summed E-state index contributed by atoms with van der Waals surface area (Å²) in [7, 11) is 0. The van der Waals surface area contributed by atoms with Crippen molar-refractivity contribution in [1.82, 2.24) is 4.57 Å². The lowest BCUT2D eigenvalue weighted by atomic mass is 9.65. The molecule has 0 unspecified atom stereocenters. The van der Waals surface area contributed by atoms with Crippen LogP contribution in [0.2, 0.25) is 0 Å². The lowest BCUT2D eigenvalue weighted by Crippen LogP contribution is -2.31. The number of unbranched alkanes of at least 4 members (excludes halogenated alkanes) is 15. The zero-order valence-electron chi connectivity index (χ0n) is 40.5. The minimum absolute atomic E-state index is 0.682. The Hall–Kier alpha value is -4.52. The fourth-order valence-corrected chi connectivity index (χ4v) is 10.4. The van der Waals surface area contributed by atoms with Gasteiger partial charge < -0.3 is 18.8 Å². The molecule has 0 spiro atoms. The van der Waals surface area contributed by atoms with Crippen molar-refractivity contribution in [2.75, 3.05) is 19.8 Å². The molecule has 7 rings (SSSR count). The average Bonchev–Trinajstić information content (AvgIpc) is 3.67. The van der Waals surface area contributed by atoms with E-state index in [9.17, 15) is 0 Å². The van der Waals surface area contributed by atoms with Crippen molar-refractivity contribution in [2.45, 2.75) is 142 Å². The van der Waals surface area contributed by atoms with Crippen molar-refractivity contribution in [3.05, 3.63) is 165 Å². The second kappa shape index (κ2) is 26.3. The number of halogens is 2. The summed E-state index contributed by atoms with van der Waals surface area (Å²) >= 11 is 7.56. The number of ether oxygens (including phenoxy) is 3. The van der Waals surface area contributed by atoms with E-state index in [0.717, 1.165) is 82.0 Å². The molecule has 354 valence electrons. The standard InChI is InChI=1S/C61H73Br2NO3/c1-4-7-10-13-16-19-42-65-54-34-24-48(25-35-54)61(49-26-36-55(37-27-49)66-43-20-17-14-11-8-5-2,50-28-38-56(39-29-50)67-44-21-18-15-12-9-6-3)47-22-32-53(33-23-47)64-59-45-51(62)30-40-57(59)58-41-31-52(63)46-60(58)64/h22-41,45-46H,4-21,42-44H2,1-3H3. The van der Waals surface area contributed by atoms with Crippen LogP contribution in [0.3, 0.4) is 0 Å². The number of hydrogen-bond acceptors (Lipinski definition) is 3. The zero-order chi connectivity index (χ0) is 46.7. The summed E-state index contributed by atoms with van der Waals surface area (Å²) in [6, 6.07) is 49.0. The lowest BCUT2D eigenvalue weighted by molar-refractivity contribution is 0.304. The van der Waals surface area contributed by atoms with Gasteiger partial charge in [-0.1, -0.05) is 210 Å². The highest BCUT2D eigenvalue weighted by Crippen LogP contribution is 2.47. The molecule has 0 atom stereocenters. The van der Waals surface area contributed by atoms with E-state index in [2.05, 4.69) is 191 Å². The molecule has 7 aromatic rings. The van der Waals surface area contributed by atoms with Crippen LogP contribution in [-0.2, 0) is 5.41 Å². The molecule has 0 N–H and O–H groups in total. The smallest absolute Gasteiger partial charge is 0.119 e. The highest BCUT2D eigenvalue weighted by atomic mass is 79.9. The molecule has 0 aliphatic heterocycles. The third-order valence-corrected chi connectivity index (χ3v) is 14.4. The third kappa shape index (κ3) is 13.2. The van der Waals surface area contributed by atoms with Gasteiger partial charge in [-0.15, -0.1) is 0 Å². The molecule has 1 aromatic heterocycles. The summed E-state index contributed by atoms with van der Waals surface area (Å²) in [5, 5.41) is 2.45. The second-order valence-electron chi connectivity index (χ2n) is 18.4. The van der Waals surface area contributed by atoms with Gasteiger partial charge in [-0.2, -0.15) is 0 Å². The molecule has 0 radical (unpaired) electrons. The topological polar surface area (TPSA) is 32.6 Å². The van der Waals surface area contributed by atoms with Crippen molar-refractivity contribution in [1.29, 1.82) is 0 Å². The molecule has 0 saturated heterocycles. The summed E-state index contributed by atoms with van der Waals surface area (Å²) in [4.78, 5) is 0. The number of nitrogens with zero attached hydrogens (tertiary/aromatic N) is 1. The molecular formula is C61H73Br2NO3. The number of hydrogen-bond donors (Lipinski definition) is 0. The maximum atomic E-state index is 6.38. The molecule has 0 saturated carbocycles. The second-order valence-corrected chi connectivity index (χ2v) is 20.2. The van der Waals surface area contributed by atoms with Crippen LogP contribution in [0, 0.1) is 0 Å². The molecule has 6 aromatic carbocycles. The normalized spacial score (nSPS) is 11.7. The largest absolute Gasteiger partial charge is 0.494 e. The van der Waals surface area contributed by atoms with Crippen LogP contribution in [0.5, 0.6) is 17.2 Å². The van der Waals surface area contributed by atoms with Crippen LogP contribution in [0.1, 0.15) is 159 Å². The van der Waals surface area contributed by atoms with Gasteiger partial charge in [0, 0.05) is 25.4 Å². The Morgan fingerprint density at radius 1 is 0.358 bits per heavy atom. The molecule has 4 nitrogen and oxygen atoms in total. The van der Waals surface area contributed by atoms with E-state index in [4.69, 9.17) is 14.2 Å². The van der Waals surface area contributed by atoms with Gasteiger partial charge in [0.2, 0.25) is 0 Å². The van der Waals surface area contributed by atoms with Crippen LogP contribution < -0.4 is 14.2 Å². The van der Waals surface area contributed by atoms with E-state index >= 15 is 0 Å². The first kappa shape index (κ1) is 50.4. The third-order valence-electron chi connectivity index (χ3n) is 13.4. The van der Waals surface area contributed by atoms with Crippen LogP contribution in [-0.4, -0.2) is 24.4 Å².